The molecule has 0 heterocycles. The molecule has 0 aromatic heterocycles. The lowest BCUT2D eigenvalue weighted by Crippen LogP contribution is -2.34. The summed E-state index contributed by atoms with van der Waals surface area (Å²) in [5.41, 5.74) is 0.659. The summed E-state index contributed by atoms with van der Waals surface area (Å²) < 4.78 is 0. The Morgan fingerprint density at radius 3 is 2.78 bits per heavy atom. The third-order valence-electron chi connectivity index (χ3n) is 2.44. The van der Waals surface area contributed by atoms with E-state index in [1.807, 2.05) is 18.2 Å². The van der Waals surface area contributed by atoms with E-state index >= 15 is 0 Å². The minimum Gasteiger partial charge on any atom is -0.388 e. The average Bonchev–Trinajstić information content (AvgIpc) is 2.35. The molecule has 0 spiro atoms. The van der Waals surface area contributed by atoms with E-state index < -0.39 is 12.2 Å². The summed E-state index contributed by atoms with van der Waals surface area (Å²) in [6, 6.07) is 7.43. The second-order valence-corrected chi connectivity index (χ2v) is 5.29. The highest BCUT2D eigenvalue weighted by molar-refractivity contribution is 7.99. The fourth-order valence-electron chi connectivity index (χ4n) is 1.54. The summed E-state index contributed by atoms with van der Waals surface area (Å²) in [7, 11) is 0. The molecule has 0 aliphatic rings. The highest BCUT2D eigenvalue weighted by atomic mass is 32.2. The largest absolute Gasteiger partial charge is 0.388 e. The zero-order valence-corrected chi connectivity index (χ0v) is 11.4. The number of carbonyl (C=O) groups excluding carboxylic acids is 1. The van der Waals surface area contributed by atoms with Crippen LogP contribution in [0.5, 0.6) is 0 Å². The molecule has 1 aromatic carbocycles. The minimum absolute atomic E-state index is 0.0433. The topological polar surface area (TPSA) is 69.6 Å². The lowest BCUT2D eigenvalue weighted by atomic mass is 10.0. The molecule has 0 saturated heterocycles. The number of hydrogen-bond donors (Lipinski definition) is 3. The first-order chi connectivity index (χ1) is 8.54. The van der Waals surface area contributed by atoms with Crippen molar-refractivity contribution in [2.75, 3.05) is 12.3 Å². The summed E-state index contributed by atoms with van der Waals surface area (Å²) in [6.45, 7) is 3.47. The highest BCUT2D eigenvalue weighted by Gasteiger charge is 2.18. The number of aliphatic hydroxyl groups is 2. The van der Waals surface area contributed by atoms with Crippen LogP contribution in [0.1, 0.15) is 25.5 Å². The van der Waals surface area contributed by atoms with Gasteiger partial charge in [0.2, 0.25) is 5.91 Å². The molecular weight excluding hydrogens is 250 g/mol. The predicted octanol–water partition coefficient (Wildman–Crippen LogP) is 1.33. The molecule has 18 heavy (non-hydrogen) atoms. The van der Waals surface area contributed by atoms with Crippen LogP contribution in [0.2, 0.25) is 0 Å². The molecular formula is C13H19NO3S. The van der Waals surface area contributed by atoms with E-state index in [2.05, 4.69) is 12.2 Å². The smallest absolute Gasteiger partial charge is 0.216 e. The van der Waals surface area contributed by atoms with E-state index in [1.165, 1.54) is 6.92 Å². The zero-order chi connectivity index (χ0) is 13.5. The Morgan fingerprint density at radius 2 is 2.17 bits per heavy atom. The summed E-state index contributed by atoms with van der Waals surface area (Å²) in [5, 5.41) is 22.2. The molecule has 1 rings (SSSR count). The van der Waals surface area contributed by atoms with Gasteiger partial charge in [-0.05, 0) is 23.4 Å². The van der Waals surface area contributed by atoms with Gasteiger partial charge in [-0.15, -0.1) is 11.8 Å². The number of amides is 1. The molecule has 1 aromatic rings. The third-order valence-corrected chi connectivity index (χ3v) is 3.31. The first kappa shape index (κ1) is 15.0. The average molecular weight is 269 g/mol. The second kappa shape index (κ2) is 7.41. The molecule has 0 radical (unpaired) electrons. The van der Waals surface area contributed by atoms with Crippen molar-refractivity contribution < 1.29 is 15.0 Å². The van der Waals surface area contributed by atoms with Crippen LogP contribution in [0.4, 0.5) is 0 Å². The van der Waals surface area contributed by atoms with Crippen LogP contribution >= 0.6 is 11.8 Å². The number of rotatable bonds is 6. The van der Waals surface area contributed by atoms with Crippen molar-refractivity contribution in [2.45, 2.75) is 31.0 Å². The van der Waals surface area contributed by atoms with Gasteiger partial charge in [-0.1, -0.05) is 19.1 Å². The van der Waals surface area contributed by atoms with Crippen LogP contribution in [0.25, 0.3) is 0 Å². The van der Waals surface area contributed by atoms with Crippen LogP contribution in [-0.4, -0.2) is 34.5 Å². The van der Waals surface area contributed by atoms with Crippen LogP contribution in [-0.2, 0) is 4.79 Å². The van der Waals surface area contributed by atoms with Crippen molar-refractivity contribution in [3.05, 3.63) is 29.8 Å². The number of hydrogen-bond acceptors (Lipinski definition) is 4. The summed E-state index contributed by atoms with van der Waals surface area (Å²) in [6.07, 6.45) is -2.00. The third kappa shape index (κ3) is 4.68. The SMILES string of the molecule is CCSc1cccc(C(O)C(O)CNC(C)=O)c1. The number of aliphatic hydroxyl groups excluding tert-OH is 2. The van der Waals surface area contributed by atoms with Crippen LogP contribution in [0.15, 0.2) is 29.2 Å². The van der Waals surface area contributed by atoms with E-state index in [4.69, 9.17) is 0 Å². The number of carbonyl (C=O) groups is 1. The molecule has 2 unspecified atom stereocenters. The van der Waals surface area contributed by atoms with Crippen LogP contribution in [0.3, 0.4) is 0 Å². The molecule has 0 bridgehead atoms. The van der Waals surface area contributed by atoms with Gasteiger partial charge in [0.15, 0.2) is 0 Å². The van der Waals surface area contributed by atoms with E-state index in [1.54, 1.807) is 17.8 Å². The second-order valence-electron chi connectivity index (χ2n) is 3.95. The van der Waals surface area contributed by atoms with Crippen molar-refractivity contribution in [2.24, 2.45) is 0 Å². The first-order valence-corrected chi connectivity index (χ1v) is 6.86. The molecule has 3 N–H and O–H groups in total. The van der Waals surface area contributed by atoms with Gasteiger partial charge in [-0.3, -0.25) is 4.79 Å². The van der Waals surface area contributed by atoms with Crippen LogP contribution in [0, 0.1) is 0 Å². The number of benzene rings is 1. The highest BCUT2D eigenvalue weighted by Crippen LogP contribution is 2.23. The molecule has 0 fully saturated rings. The number of thioether (sulfide) groups is 1. The van der Waals surface area contributed by atoms with Gasteiger partial charge in [0, 0.05) is 18.4 Å². The van der Waals surface area contributed by atoms with Gasteiger partial charge >= 0.3 is 0 Å². The Balaban J connectivity index is 2.67. The lowest BCUT2D eigenvalue weighted by molar-refractivity contribution is -0.119. The van der Waals surface area contributed by atoms with Gasteiger partial charge in [-0.2, -0.15) is 0 Å². The normalized spacial score (nSPS) is 14.0. The van der Waals surface area contributed by atoms with Crippen molar-refractivity contribution in [3.8, 4) is 0 Å². The molecule has 2 atom stereocenters. The summed E-state index contributed by atoms with van der Waals surface area (Å²) >= 11 is 1.67. The Morgan fingerprint density at radius 1 is 1.44 bits per heavy atom. The van der Waals surface area contributed by atoms with Gasteiger partial charge in [0.25, 0.3) is 0 Å². The maximum atomic E-state index is 10.7. The Hall–Kier alpha value is -1.04. The predicted molar refractivity (Wildman–Crippen MR) is 72.5 cm³/mol. The van der Waals surface area contributed by atoms with Crippen molar-refractivity contribution >= 4 is 17.7 Å². The van der Waals surface area contributed by atoms with Crippen molar-refractivity contribution in [3.63, 3.8) is 0 Å². The fourth-order valence-corrected chi connectivity index (χ4v) is 2.26. The minimum atomic E-state index is -1.00. The van der Waals surface area contributed by atoms with Crippen LogP contribution < -0.4 is 5.32 Å². The van der Waals surface area contributed by atoms with Crippen molar-refractivity contribution in [1.29, 1.82) is 0 Å². The zero-order valence-electron chi connectivity index (χ0n) is 10.6. The fraction of sp³-hybridized carbons (Fsp3) is 0.462. The van der Waals surface area contributed by atoms with Gasteiger partial charge in [-0.25, -0.2) is 0 Å². The quantitative estimate of drug-likeness (QED) is 0.681. The maximum Gasteiger partial charge on any atom is 0.216 e. The standard InChI is InChI=1S/C13H19NO3S/c1-3-18-11-6-4-5-10(7-11)13(17)12(16)8-14-9(2)15/h4-7,12-13,16-17H,3,8H2,1-2H3,(H,14,15). The van der Waals surface area contributed by atoms with Gasteiger partial charge in [0.1, 0.15) is 12.2 Å². The van der Waals surface area contributed by atoms with Crippen molar-refractivity contribution in [1.82, 2.24) is 5.32 Å². The Labute approximate surface area is 111 Å². The van der Waals surface area contributed by atoms with Gasteiger partial charge < -0.3 is 15.5 Å². The van der Waals surface area contributed by atoms with E-state index in [9.17, 15) is 15.0 Å². The Bertz CT molecular complexity index is 398. The van der Waals surface area contributed by atoms with E-state index in [0.717, 1.165) is 10.6 Å². The molecule has 0 saturated carbocycles. The first-order valence-electron chi connectivity index (χ1n) is 5.88. The monoisotopic (exact) mass is 269 g/mol. The number of nitrogens with one attached hydrogen (secondary N) is 1. The Kier molecular flexibility index (Phi) is 6.18. The molecule has 100 valence electrons. The molecule has 4 nitrogen and oxygen atoms in total. The molecule has 1 amide bonds. The molecule has 5 heteroatoms. The molecule has 0 aliphatic carbocycles. The van der Waals surface area contributed by atoms with E-state index in [-0.39, 0.29) is 12.5 Å². The summed E-state index contributed by atoms with van der Waals surface area (Å²) in [5.74, 6) is 0.727. The summed E-state index contributed by atoms with van der Waals surface area (Å²) in [4.78, 5) is 11.8. The maximum absolute atomic E-state index is 10.7. The lowest BCUT2D eigenvalue weighted by Gasteiger charge is -2.18. The van der Waals surface area contributed by atoms with E-state index in [0.29, 0.717) is 5.56 Å². The van der Waals surface area contributed by atoms with Gasteiger partial charge in [0.05, 0.1) is 0 Å². The molecule has 0 aliphatic heterocycles.